The molecular formula is C14H11FN2O2S. The second kappa shape index (κ2) is 5.31. The first-order valence-electron chi connectivity index (χ1n) is 5.72. The second-order valence-corrected chi connectivity index (χ2v) is 5.83. The minimum Gasteiger partial charge on any atom is -0.280 e. The zero-order valence-electron chi connectivity index (χ0n) is 10.6. The maximum atomic E-state index is 13.2. The standard InChI is InChI=1S/C14H11FN2O2S/c1-10-8-12(6-7-13(10)15)17-20(18,19)14-5-3-2-4-11(14)9-16/h2-8,17H,1H3. The van der Waals surface area contributed by atoms with Crippen LogP contribution >= 0.6 is 0 Å². The Morgan fingerprint density at radius 1 is 1.20 bits per heavy atom. The Morgan fingerprint density at radius 3 is 2.55 bits per heavy atom. The minimum absolute atomic E-state index is 0.0545. The molecule has 2 rings (SSSR count). The van der Waals surface area contributed by atoms with Crippen LogP contribution in [0.15, 0.2) is 47.4 Å². The fraction of sp³-hybridized carbons (Fsp3) is 0.0714. The molecule has 102 valence electrons. The molecule has 0 saturated carbocycles. The van der Waals surface area contributed by atoms with E-state index in [9.17, 15) is 12.8 Å². The number of sulfonamides is 1. The van der Waals surface area contributed by atoms with Gasteiger partial charge in [-0.2, -0.15) is 5.26 Å². The first-order chi connectivity index (χ1) is 9.44. The highest BCUT2D eigenvalue weighted by Gasteiger charge is 2.18. The maximum Gasteiger partial charge on any atom is 0.263 e. The van der Waals surface area contributed by atoms with Crippen molar-refractivity contribution >= 4 is 15.7 Å². The van der Waals surface area contributed by atoms with Crippen molar-refractivity contribution in [2.24, 2.45) is 0 Å². The predicted molar refractivity (Wildman–Crippen MR) is 73.1 cm³/mol. The molecule has 0 saturated heterocycles. The minimum atomic E-state index is -3.88. The van der Waals surface area contributed by atoms with Crippen LogP contribution in [0.5, 0.6) is 0 Å². The van der Waals surface area contributed by atoms with E-state index in [2.05, 4.69) is 4.72 Å². The van der Waals surface area contributed by atoms with Gasteiger partial charge in [0.05, 0.1) is 5.56 Å². The van der Waals surface area contributed by atoms with Crippen LogP contribution in [-0.4, -0.2) is 8.42 Å². The molecule has 0 aliphatic rings. The molecule has 6 heteroatoms. The Morgan fingerprint density at radius 2 is 1.90 bits per heavy atom. The number of hydrogen-bond acceptors (Lipinski definition) is 3. The van der Waals surface area contributed by atoms with Gasteiger partial charge in [-0.05, 0) is 42.8 Å². The highest BCUT2D eigenvalue weighted by molar-refractivity contribution is 7.92. The Bertz CT molecular complexity index is 795. The van der Waals surface area contributed by atoms with Crippen LogP contribution in [0.1, 0.15) is 11.1 Å². The van der Waals surface area contributed by atoms with E-state index in [0.717, 1.165) is 0 Å². The molecule has 0 spiro atoms. The van der Waals surface area contributed by atoms with E-state index >= 15 is 0 Å². The third-order valence-electron chi connectivity index (χ3n) is 2.71. The van der Waals surface area contributed by atoms with Gasteiger partial charge in [-0.3, -0.25) is 4.72 Å². The summed E-state index contributed by atoms with van der Waals surface area (Å²) in [5.41, 5.74) is 0.634. The van der Waals surface area contributed by atoms with E-state index in [-0.39, 0.29) is 16.1 Å². The smallest absolute Gasteiger partial charge is 0.263 e. The van der Waals surface area contributed by atoms with Gasteiger partial charge < -0.3 is 0 Å². The van der Waals surface area contributed by atoms with Gasteiger partial charge >= 0.3 is 0 Å². The van der Waals surface area contributed by atoms with Gasteiger partial charge in [0.25, 0.3) is 10.0 Å². The van der Waals surface area contributed by atoms with Gasteiger partial charge in [0, 0.05) is 5.69 Å². The third-order valence-corrected chi connectivity index (χ3v) is 4.15. The number of rotatable bonds is 3. The lowest BCUT2D eigenvalue weighted by molar-refractivity contribution is 0.600. The summed E-state index contributed by atoms with van der Waals surface area (Å²) in [5.74, 6) is -0.412. The lowest BCUT2D eigenvalue weighted by atomic mass is 10.2. The van der Waals surface area contributed by atoms with Crippen molar-refractivity contribution in [2.75, 3.05) is 4.72 Å². The predicted octanol–water partition coefficient (Wildman–Crippen LogP) is 2.81. The number of nitrogens with zero attached hydrogens (tertiary/aromatic N) is 1. The van der Waals surface area contributed by atoms with E-state index < -0.39 is 15.8 Å². The molecule has 0 unspecified atom stereocenters. The SMILES string of the molecule is Cc1cc(NS(=O)(=O)c2ccccc2C#N)ccc1F. The summed E-state index contributed by atoms with van der Waals surface area (Å²) < 4.78 is 39.9. The van der Waals surface area contributed by atoms with Crippen LogP contribution < -0.4 is 4.72 Å². The zero-order chi connectivity index (χ0) is 14.8. The van der Waals surface area contributed by atoms with Crippen LogP contribution in [0, 0.1) is 24.1 Å². The van der Waals surface area contributed by atoms with Crippen LogP contribution in [0.4, 0.5) is 10.1 Å². The monoisotopic (exact) mass is 290 g/mol. The van der Waals surface area contributed by atoms with Crippen molar-refractivity contribution < 1.29 is 12.8 Å². The van der Waals surface area contributed by atoms with Crippen molar-refractivity contribution in [3.63, 3.8) is 0 Å². The Hall–Kier alpha value is -2.39. The Balaban J connectivity index is 2.41. The number of nitrogens with one attached hydrogen (secondary N) is 1. The quantitative estimate of drug-likeness (QED) is 0.945. The van der Waals surface area contributed by atoms with Crippen LogP contribution in [-0.2, 0) is 10.0 Å². The molecule has 20 heavy (non-hydrogen) atoms. The second-order valence-electron chi connectivity index (χ2n) is 4.18. The van der Waals surface area contributed by atoms with Crippen molar-refractivity contribution in [1.29, 1.82) is 5.26 Å². The lowest BCUT2D eigenvalue weighted by Gasteiger charge is -2.10. The fourth-order valence-corrected chi connectivity index (χ4v) is 2.92. The molecule has 2 aromatic rings. The summed E-state index contributed by atoms with van der Waals surface area (Å²) in [7, 11) is -3.88. The molecule has 0 amide bonds. The summed E-state index contributed by atoms with van der Waals surface area (Å²) in [5, 5.41) is 8.94. The summed E-state index contributed by atoms with van der Waals surface area (Å²) in [6.07, 6.45) is 0. The largest absolute Gasteiger partial charge is 0.280 e. The molecule has 2 aromatic carbocycles. The first kappa shape index (κ1) is 14.0. The average Bonchev–Trinajstić information content (AvgIpc) is 2.42. The normalized spacial score (nSPS) is 10.8. The highest BCUT2D eigenvalue weighted by Crippen LogP contribution is 2.20. The molecule has 1 N–H and O–H groups in total. The first-order valence-corrected chi connectivity index (χ1v) is 7.20. The van der Waals surface area contributed by atoms with Crippen molar-refractivity contribution in [3.05, 3.63) is 59.4 Å². The van der Waals surface area contributed by atoms with Gasteiger partial charge in [0.1, 0.15) is 16.8 Å². The Kier molecular flexibility index (Phi) is 3.72. The van der Waals surface area contributed by atoms with Gasteiger partial charge in [0.2, 0.25) is 0 Å². The number of anilines is 1. The number of hydrogen-bond donors (Lipinski definition) is 1. The number of aryl methyl sites for hydroxylation is 1. The van der Waals surface area contributed by atoms with Gasteiger partial charge in [0.15, 0.2) is 0 Å². The molecular weight excluding hydrogens is 279 g/mol. The van der Waals surface area contributed by atoms with E-state index in [0.29, 0.717) is 5.56 Å². The van der Waals surface area contributed by atoms with Gasteiger partial charge in [-0.15, -0.1) is 0 Å². The number of benzene rings is 2. The summed E-state index contributed by atoms with van der Waals surface area (Å²) in [6, 6.07) is 11.6. The van der Waals surface area contributed by atoms with Crippen LogP contribution in [0.3, 0.4) is 0 Å². The molecule has 4 nitrogen and oxygen atoms in total. The maximum absolute atomic E-state index is 13.2. The van der Waals surface area contributed by atoms with E-state index in [1.807, 2.05) is 6.07 Å². The lowest BCUT2D eigenvalue weighted by Crippen LogP contribution is -2.14. The molecule has 0 aromatic heterocycles. The van der Waals surface area contributed by atoms with Crippen molar-refractivity contribution in [3.8, 4) is 6.07 Å². The number of halogens is 1. The van der Waals surface area contributed by atoms with Crippen LogP contribution in [0.25, 0.3) is 0 Å². The van der Waals surface area contributed by atoms with E-state index in [4.69, 9.17) is 5.26 Å². The third kappa shape index (κ3) is 2.78. The fourth-order valence-electron chi connectivity index (χ4n) is 1.71. The Labute approximate surface area is 116 Å². The summed E-state index contributed by atoms with van der Waals surface area (Å²) in [6.45, 7) is 1.54. The molecule has 0 aliphatic carbocycles. The van der Waals surface area contributed by atoms with Crippen molar-refractivity contribution in [1.82, 2.24) is 0 Å². The summed E-state index contributed by atoms with van der Waals surface area (Å²) >= 11 is 0. The molecule has 0 atom stereocenters. The van der Waals surface area contributed by atoms with Crippen molar-refractivity contribution in [2.45, 2.75) is 11.8 Å². The van der Waals surface area contributed by atoms with E-state index in [1.165, 1.54) is 43.3 Å². The van der Waals surface area contributed by atoms with Gasteiger partial charge in [-0.1, -0.05) is 12.1 Å². The molecule has 0 heterocycles. The summed E-state index contributed by atoms with van der Waals surface area (Å²) in [4.78, 5) is -0.107. The average molecular weight is 290 g/mol. The molecule has 0 bridgehead atoms. The van der Waals surface area contributed by atoms with E-state index in [1.54, 1.807) is 6.07 Å². The highest BCUT2D eigenvalue weighted by atomic mass is 32.2. The number of nitriles is 1. The molecule has 0 aliphatic heterocycles. The topological polar surface area (TPSA) is 70.0 Å². The molecule has 0 radical (unpaired) electrons. The molecule has 0 fully saturated rings. The van der Waals surface area contributed by atoms with Gasteiger partial charge in [-0.25, -0.2) is 12.8 Å². The van der Waals surface area contributed by atoms with Crippen LogP contribution in [0.2, 0.25) is 0 Å². The zero-order valence-corrected chi connectivity index (χ0v) is 11.4.